The lowest BCUT2D eigenvalue weighted by Crippen LogP contribution is -2.48. The maximum Gasteiger partial charge on any atom is 0.247 e. The van der Waals surface area contributed by atoms with E-state index in [0.29, 0.717) is 41.5 Å². The SMILES string of the molecule is Cc1ccc(S(=O)(=O)N2CCC(C(=O)N3CCCC3C(=O)Nc3cc(Cl)cc(Cl)c3)CC2)cc1. The lowest BCUT2D eigenvalue weighted by atomic mass is 9.96. The Kier molecular flexibility index (Phi) is 7.52. The van der Waals surface area contributed by atoms with Gasteiger partial charge in [0.25, 0.3) is 0 Å². The fraction of sp³-hybridized carbons (Fsp3) is 0.417. The predicted octanol–water partition coefficient (Wildman–Crippen LogP) is 4.33. The zero-order valence-electron chi connectivity index (χ0n) is 18.8. The second-order valence-corrected chi connectivity index (χ2v) is 11.6. The third kappa shape index (κ3) is 5.40. The van der Waals surface area contributed by atoms with Gasteiger partial charge in [-0.1, -0.05) is 40.9 Å². The summed E-state index contributed by atoms with van der Waals surface area (Å²) in [7, 11) is -3.59. The minimum absolute atomic E-state index is 0.0887. The van der Waals surface area contributed by atoms with Crippen molar-refractivity contribution in [2.75, 3.05) is 25.0 Å². The van der Waals surface area contributed by atoms with Gasteiger partial charge in [-0.25, -0.2) is 8.42 Å². The number of sulfonamides is 1. The van der Waals surface area contributed by atoms with Crippen LogP contribution in [0.1, 0.15) is 31.2 Å². The summed E-state index contributed by atoms with van der Waals surface area (Å²) in [4.78, 5) is 28.1. The first-order valence-corrected chi connectivity index (χ1v) is 13.5. The van der Waals surface area contributed by atoms with Crippen molar-refractivity contribution >= 4 is 50.7 Å². The molecule has 0 bridgehead atoms. The molecule has 2 fully saturated rings. The Morgan fingerprint density at radius 3 is 2.18 bits per heavy atom. The number of hydrogen-bond donors (Lipinski definition) is 1. The first-order chi connectivity index (χ1) is 16.1. The molecule has 182 valence electrons. The van der Waals surface area contributed by atoms with Crippen molar-refractivity contribution in [3.8, 4) is 0 Å². The molecule has 0 radical (unpaired) electrons. The largest absolute Gasteiger partial charge is 0.330 e. The molecule has 1 unspecified atom stereocenters. The molecule has 0 spiro atoms. The number of aryl methyl sites for hydroxylation is 1. The van der Waals surface area contributed by atoms with Gasteiger partial charge >= 0.3 is 0 Å². The van der Waals surface area contributed by atoms with Gasteiger partial charge in [0.15, 0.2) is 0 Å². The second-order valence-electron chi connectivity index (χ2n) is 8.83. The summed E-state index contributed by atoms with van der Waals surface area (Å²) in [5.74, 6) is -0.670. The van der Waals surface area contributed by atoms with Crippen molar-refractivity contribution in [2.24, 2.45) is 5.92 Å². The number of halogens is 2. The number of amides is 2. The minimum atomic E-state index is -3.59. The number of benzene rings is 2. The van der Waals surface area contributed by atoms with Crippen LogP contribution in [0, 0.1) is 12.8 Å². The van der Waals surface area contributed by atoms with Crippen molar-refractivity contribution in [3.63, 3.8) is 0 Å². The Labute approximate surface area is 210 Å². The Morgan fingerprint density at radius 1 is 0.941 bits per heavy atom. The van der Waals surface area contributed by atoms with E-state index >= 15 is 0 Å². The molecule has 2 aromatic carbocycles. The lowest BCUT2D eigenvalue weighted by Gasteiger charge is -2.34. The van der Waals surface area contributed by atoms with Crippen LogP contribution in [0.4, 0.5) is 5.69 Å². The average molecular weight is 524 g/mol. The van der Waals surface area contributed by atoms with E-state index in [-0.39, 0.29) is 35.7 Å². The van der Waals surface area contributed by atoms with Crippen LogP contribution in [0.3, 0.4) is 0 Å². The van der Waals surface area contributed by atoms with Crippen LogP contribution in [-0.2, 0) is 19.6 Å². The number of hydrogen-bond acceptors (Lipinski definition) is 4. The smallest absolute Gasteiger partial charge is 0.247 e. The molecule has 10 heteroatoms. The number of nitrogens with one attached hydrogen (secondary N) is 1. The van der Waals surface area contributed by atoms with Gasteiger partial charge < -0.3 is 10.2 Å². The summed E-state index contributed by atoms with van der Waals surface area (Å²) in [5, 5.41) is 3.64. The Balaban J connectivity index is 1.38. The standard InChI is InChI=1S/C24H27Cl2N3O4S/c1-16-4-6-21(7-5-16)34(32,33)28-11-8-17(9-12-28)24(31)29-10-2-3-22(29)23(30)27-20-14-18(25)13-19(26)15-20/h4-7,13-15,17,22H,2-3,8-12H2,1H3,(H,27,30). The van der Waals surface area contributed by atoms with E-state index in [0.717, 1.165) is 12.0 Å². The average Bonchev–Trinajstić information content (AvgIpc) is 3.28. The van der Waals surface area contributed by atoms with Crippen molar-refractivity contribution in [1.82, 2.24) is 9.21 Å². The predicted molar refractivity (Wildman–Crippen MR) is 132 cm³/mol. The number of piperidine rings is 1. The Morgan fingerprint density at radius 2 is 1.56 bits per heavy atom. The molecule has 2 aliphatic rings. The van der Waals surface area contributed by atoms with Gasteiger partial charge in [-0.15, -0.1) is 0 Å². The Bertz CT molecular complexity index is 1160. The van der Waals surface area contributed by atoms with E-state index in [9.17, 15) is 18.0 Å². The molecule has 2 aliphatic heterocycles. The third-order valence-electron chi connectivity index (χ3n) is 6.43. The van der Waals surface area contributed by atoms with E-state index in [1.165, 1.54) is 4.31 Å². The highest BCUT2D eigenvalue weighted by Crippen LogP contribution is 2.29. The number of anilines is 1. The van der Waals surface area contributed by atoms with Gasteiger partial charge in [0, 0.05) is 41.3 Å². The normalized spacial score (nSPS) is 19.9. The quantitative estimate of drug-likeness (QED) is 0.631. The van der Waals surface area contributed by atoms with Crippen LogP contribution in [-0.4, -0.2) is 55.1 Å². The highest BCUT2D eigenvalue weighted by atomic mass is 35.5. The summed E-state index contributed by atoms with van der Waals surface area (Å²) in [5.41, 5.74) is 1.47. The maximum atomic E-state index is 13.3. The van der Waals surface area contributed by atoms with E-state index in [4.69, 9.17) is 23.2 Å². The number of likely N-dealkylation sites (tertiary alicyclic amines) is 1. The summed E-state index contributed by atoms with van der Waals surface area (Å²) in [6.07, 6.45) is 2.17. The number of carbonyl (C=O) groups excluding carboxylic acids is 2. The van der Waals surface area contributed by atoms with Crippen LogP contribution in [0.5, 0.6) is 0 Å². The van der Waals surface area contributed by atoms with Crippen molar-refractivity contribution < 1.29 is 18.0 Å². The topological polar surface area (TPSA) is 86.8 Å². The van der Waals surface area contributed by atoms with E-state index < -0.39 is 16.1 Å². The molecular formula is C24H27Cl2N3O4S. The van der Waals surface area contributed by atoms with Gasteiger partial charge in [0.05, 0.1) is 4.90 Å². The zero-order valence-corrected chi connectivity index (χ0v) is 21.2. The summed E-state index contributed by atoms with van der Waals surface area (Å²) in [6, 6.07) is 11.0. The molecule has 1 atom stereocenters. The molecule has 34 heavy (non-hydrogen) atoms. The lowest BCUT2D eigenvalue weighted by molar-refractivity contribution is -0.141. The molecule has 0 aromatic heterocycles. The first kappa shape index (κ1) is 25.0. The molecular weight excluding hydrogens is 497 g/mol. The van der Waals surface area contributed by atoms with Crippen molar-refractivity contribution in [3.05, 3.63) is 58.1 Å². The highest BCUT2D eigenvalue weighted by Gasteiger charge is 2.39. The molecule has 2 saturated heterocycles. The van der Waals surface area contributed by atoms with Gasteiger partial charge in [-0.05, 0) is 62.9 Å². The van der Waals surface area contributed by atoms with Crippen LogP contribution >= 0.6 is 23.2 Å². The third-order valence-corrected chi connectivity index (χ3v) is 8.78. The molecule has 4 rings (SSSR count). The van der Waals surface area contributed by atoms with Gasteiger partial charge in [-0.2, -0.15) is 4.31 Å². The summed E-state index contributed by atoms with van der Waals surface area (Å²) in [6.45, 7) is 2.97. The molecule has 2 heterocycles. The van der Waals surface area contributed by atoms with E-state index in [2.05, 4.69) is 5.32 Å². The molecule has 2 amide bonds. The van der Waals surface area contributed by atoms with E-state index in [1.54, 1.807) is 47.4 Å². The second kappa shape index (κ2) is 10.2. The molecule has 1 N–H and O–H groups in total. The van der Waals surface area contributed by atoms with Crippen molar-refractivity contribution in [2.45, 2.75) is 43.5 Å². The molecule has 7 nitrogen and oxygen atoms in total. The Hall–Kier alpha value is -2.13. The van der Waals surface area contributed by atoms with Gasteiger partial charge in [0.2, 0.25) is 21.8 Å². The maximum absolute atomic E-state index is 13.3. The van der Waals surface area contributed by atoms with Crippen LogP contribution < -0.4 is 5.32 Å². The fourth-order valence-corrected chi connectivity index (χ4v) is 6.59. The molecule has 0 saturated carbocycles. The molecule has 2 aromatic rings. The number of nitrogens with zero attached hydrogens (tertiary/aromatic N) is 2. The van der Waals surface area contributed by atoms with Crippen molar-refractivity contribution in [1.29, 1.82) is 0 Å². The van der Waals surface area contributed by atoms with Crippen LogP contribution in [0.15, 0.2) is 47.4 Å². The summed E-state index contributed by atoms with van der Waals surface area (Å²) < 4.78 is 27.3. The molecule has 0 aliphatic carbocycles. The fourth-order valence-electron chi connectivity index (χ4n) is 4.59. The number of carbonyl (C=O) groups is 2. The highest BCUT2D eigenvalue weighted by molar-refractivity contribution is 7.89. The monoisotopic (exact) mass is 523 g/mol. The van der Waals surface area contributed by atoms with Crippen LogP contribution in [0.25, 0.3) is 0 Å². The minimum Gasteiger partial charge on any atom is -0.330 e. The van der Waals surface area contributed by atoms with E-state index in [1.807, 2.05) is 6.92 Å². The van der Waals surface area contributed by atoms with Gasteiger partial charge in [-0.3, -0.25) is 9.59 Å². The zero-order chi connectivity index (χ0) is 24.5. The number of rotatable bonds is 5. The van der Waals surface area contributed by atoms with Gasteiger partial charge in [0.1, 0.15) is 6.04 Å². The van der Waals surface area contributed by atoms with Crippen LogP contribution in [0.2, 0.25) is 10.0 Å². The first-order valence-electron chi connectivity index (χ1n) is 11.3. The summed E-state index contributed by atoms with van der Waals surface area (Å²) >= 11 is 12.0.